The van der Waals surface area contributed by atoms with E-state index in [2.05, 4.69) is 160 Å². The van der Waals surface area contributed by atoms with Crippen molar-refractivity contribution in [1.29, 1.82) is 0 Å². The van der Waals surface area contributed by atoms with Crippen molar-refractivity contribution in [3.63, 3.8) is 0 Å². The second kappa shape index (κ2) is 86.8. The molecule has 0 spiro atoms. The Bertz CT molecular complexity index is 2220. The quantitative estimate of drug-likeness (QED) is 0.0264. The van der Waals surface area contributed by atoms with E-state index in [1.807, 2.05) is 0 Å². The molecule has 0 aliphatic carbocycles. The molecule has 0 aliphatic rings. The maximum atomic E-state index is 12.8. The van der Waals surface area contributed by atoms with Crippen molar-refractivity contribution in [2.75, 3.05) is 26.4 Å². The SMILES string of the molecule is CC/C=C\C/C=C\C/C=C\C/C=C\C/C=C\C/C=C\C/C=C\CCCCCCCCCCCCCCCCCCCCCC(=O)OC(COC(=O)CCCCCCCCCCCCCCCCCCCCCCCCCCC/C=C\C/C=C\C/C=C\C/C=C\C/C=C\CC)COP(=O)(O)OCCN. The van der Waals surface area contributed by atoms with Gasteiger partial charge in [-0.15, -0.1) is 0 Å². The van der Waals surface area contributed by atoms with Crippen LogP contribution in [0.15, 0.2) is 146 Å². The van der Waals surface area contributed by atoms with Gasteiger partial charge in [0.05, 0.1) is 13.2 Å². The van der Waals surface area contributed by atoms with Crippen molar-refractivity contribution in [3.8, 4) is 0 Å². The van der Waals surface area contributed by atoms with Crippen LogP contribution in [0.3, 0.4) is 0 Å². The highest BCUT2D eigenvalue weighted by Gasteiger charge is 2.26. The molecule has 0 aliphatic heterocycles. The average Bonchev–Trinajstić information content (AvgIpc) is 0.970. The van der Waals surface area contributed by atoms with Crippen LogP contribution in [0.25, 0.3) is 0 Å². The largest absolute Gasteiger partial charge is 0.472 e. The van der Waals surface area contributed by atoms with Crippen LogP contribution in [-0.2, 0) is 32.7 Å². The summed E-state index contributed by atoms with van der Waals surface area (Å²) in [4.78, 5) is 35.5. The van der Waals surface area contributed by atoms with Crippen molar-refractivity contribution in [2.45, 2.75) is 405 Å². The molecule has 0 saturated heterocycles. The molecule has 0 heterocycles. The number of hydrogen-bond donors (Lipinski definition) is 2. The molecule has 0 aromatic heterocycles. The van der Waals surface area contributed by atoms with Gasteiger partial charge in [-0.2, -0.15) is 0 Å². The Labute approximate surface area is 636 Å². The highest BCUT2D eigenvalue weighted by atomic mass is 31.2. The first-order valence-electron chi connectivity index (χ1n) is 43.3. The molecule has 0 rings (SSSR count). The molecular weight excluding hydrogens is 1290 g/mol. The van der Waals surface area contributed by atoms with Crippen LogP contribution in [0.4, 0.5) is 0 Å². The summed E-state index contributed by atoms with van der Waals surface area (Å²) in [7, 11) is -4.40. The lowest BCUT2D eigenvalue weighted by atomic mass is 10.0. The molecule has 2 atom stereocenters. The molecule has 0 fully saturated rings. The molecule has 0 aromatic rings. The Morgan fingerprint density at radius 1 is 0.291 bits per heavy atom. The Morgan fingerprint density at radius 3 is 0.748 bits per heavy atom. The summed E-state index contributed by atoms with van der Waals surface area (Å²) in [5, 5.41) is 0. The maximum absolute atomic E-state index is 12.8. The number of unbranched alkanes of at least 4 members (excludes halogenated alkanes) is 44. The summed E-state index contributed by atoms with van der Waals surface area (Å²) in [6, 6.07) is 0. The number of esters is 2. The lowest BCUT2D eigenvalue weighted by Gasteiger charge is -2.19. The molecule has 10 heteroatoms. The zero-order valence-corrected chi connectivity index (χ0v) is 67.9. The van der Waals surface area contributed by atoms with Gasteiger partial charge in [-0.3, -0.25) is 18.6 Å². The van der Waals surface area contributed by atoms with Crippen molar-refractivity contribution in [3.05, 3.63) is 146 Å². The molecule has 103 heavy (non-hydrogen) atoms. The number of phosphoric ester groups is 1. The molecule has 0 amide bonds. The second-order valence-electron chi connectivity index (χ2n) is 28.6. The molecule has 2 unspecified atom stereocenters. The first-order valence-corrected chi connectivity index (χ1v) is 44.8. The van der Waals surface area contributed by atoms with E-state index in [9.17, 15) is 19.0 Å². The fraction of sp³-hybridized carbons (Fsp3) is 0.720. The minimum atomic E-state index is -4.40. The second-order valence-corrected chi connectivity index (χ2v) is 30.1. The summed E-state index contributed by atoms with van der Waals surface area (Å²) >= 11 is 0. The Morgan fingerprint density at radius 2 is 0.505 bits per heavy atom. The van der Waals surface area contributed by atoms with Gasteiger partial charge < -0.3 is 20.1 Å². The predicted molar refractivity (Wildman–Crippen MR) is 450 cm³/mol. The van der Waals surface area contributed by atoms with Gasteiger partial charge in [-0.1, -0.05) is 417 Å². The first kappa shape index (κ1) is 98.9. The average molecular weight is 1450 g/mol. The number of ether oxygens (including phenoxy) is 2. The Kier molecular flexibility index (Phi) is 83.3. The van der Waals surface area contributed by atoms with Gasteiger partial charge in [0.1, 0.15) is 6.61 Å². The topological polar surface area (TPSA) is 134 Å². The smallest absolute Gasteiger partial charge is 0.462 e. The molecular formula is C93H162NO8P. The summed E-state index contributed by atoms with van der Waals surface area (Å²) < 4.78 is 33.3. The van der Waals surface area contributed by atoms with E-state index in [-0.39, 0.29) is 38.6 Å². The van der Waals surface area contributed by atoms with Gasteiger partial charge in [0, 0.05) is 19.4 Å². The number of nitrogens with two attached hydrogens (primary N) is 1. The van der Waals surface area contributed by atoms with E-state index in [0.717, 1.165) is 116 Å². The van der Waals surface area contributed by atoms with Crippen LogP contribution < -0.4 is 5.73 Å². The van der Waals surface area contributed by atoms with Gasteiger partial charge in [0.15, 0.2) is 6.10 Å². The van der Waals surface area contributed by atoms with E-state index in [1.54, 1.807) is 0 Å². The summed E-state index contributed by atoms with van der Waals surface area (Å²) in [6.45, 7) is 3.56. The number of carbonyl (C=O) groups is 2. The number of rotatable bonds is 81. The molecule has 0 bridgehead atoms. The number of phosphoric acid groups is 1. The highest BCUT2D eigenvalue weighted by molar-refractivity contribution is 7.47. The zero-order chi connectivity index (χ0) is 74.3. The summed E-state index contributed by atoms with van der Waals surface area (Å²) in [6.07, 6.45) is 126. The number of carbonyl (C=O) groups excluding carboxylic acids is 2. The van der Waals surface area contributed by atoms with E-state index in [0.29, 0.717) is 6.42 Å². The van der Waals surface area contributed by atoms with Crippen LogP contribution in [0.1, 0.15) is 399 Å². The third-order valence-electron chi connectivity index (χ3n) is 18.7. The first-order chi connectivity index (χ1) is 50.8. The van der Waals surface area contributed by atoms with E-state index in [1.165, 1.54) is 250 Å². The fourth-order valence-corrected chi connectivity index (χ4v) is 13.2. The standard InChI is InChI=1S/C93H162NO8P/c1-3-5-7-9-11-13-15-17-19-21-23-25-27-29-31-33-35-37-39-41-43-45-47-49-51-53-55-57-59-61-63-65-67-69-71-73-75-77-79-81-83-85-92(95)99-89-91(90-101-103(97,98)100-88-87-94)102-93(96)86-84-82-80-78-76-74-72-70-68-66-64-62-60-58-56-54-52-50-48-46-44-42-40-38-36-34-32-30-28-26-24-22-20-18-16-14-12-10-8-6-4-2/h5-8,11-14,17-20,23-26,29-32,36,38,42,44,91H,3-4,9-10,15-16,21-22,27-28,33-35,37,39-41,43,45-90,94H2,1-2H3,(H,97,98)/b7-5-,8-6-,13-11-,14-12-,19-17-,20-18-,25-23-,26-24-,31-29-,32-30-,38-36-,44-42-. The van der Waals surface area contributed by atoms with Gasteiger partial charge in [-0.25, -0.2) is 4.57 Å². The zero-order valence-electron chi connectivity index (χ0n) is 67.0. The molecule has 592 valence electrons. The molecule has 0 aromatic carbocycles. The lowest BCUT2D eigenvalue weighted by molar-refractivity contribution is -0.161. The number of allylic oxidation sites excluding steroid dienone is 24. The lowest BCUT2D eigenvalue weighted by Crippen LogP contribution is -2.29. The maximum Gasteiger partial charge on any atom is 0.472 e. The number of hydrogen-bond acceptors (Lipinski definition) is 8. The molecule has 9 nitrogen and oxygen atoms in total. The molecule has 3 N–H and O–H groups in total. The van der Waals surface area contributed by atoms with Crippen molar-refractivity contribution in [2.24, 2.45) is 5.73 Å². The van der Waals surface area contributed by atoms with E-state index in [4.69, 9.17) is 24.3 Å². The molecule has 0 radical (unpaired) electrons. The van der Waals surface area contributed by atoms with Crippen LogP contribution in [0.2, 0.25) is 0 Å². The Balaban J connectivity index is 3.76. The normalized spacial score (nSPS) is 13.6. The van der Waals surface area contributed by atoms with Crippen LogP contribution >= 0.6 is 7.82 Å². The van der Waals surface area contributed by atoms with E-state index < -0.39 is 26.5 Å². The van der Waals surface area contributed by atoms with Crippen molar-refractivity contribution in [1.82, 2.24) is 0 Å². The van der Waals surface area contributed by atoms with Crippen LogP contribution in [0.5, 0.6) is 0 Å². The molecule has 0 saturated carbocycles. The monoisotopic (exact) mass is 1450 g/mol. The minimum Gasteiger partial charge on any atom is -0.462 e. The summed E-state index contributed by atoms with van der Waals surface area (Å²) in [5.41, 5.74) is 5.42. The van der Waals surface area contributed by atoms with Crippen LogP contribution in [-0.4, -0.2) is 49.3 Å². The van der Waals surface area contributed by atoms with Gasteiger partial charge in [-0.05, 0) is 116 Å². The minimum absolute atomic E-state index is 0.0519. The van der Waals surface area contributed by atoms with E-state index >= 15 is 0 Å². The third-order valence-corrected chi connectivity index (χ3v) is 19.7. The van der Waals surface area contributed by atoms with Crippen molar-refractivity contribution < 1.29 is 37.6 Å². The highest BCUT2D eigenvalue weighted by Crippen LogP contribution is 2.43. The van der Waals surface area contributed by atoms with Crippen LogP contribution in [0, 0.1) is 0 Å². The predicted octanol–water partition coefficient (Wildman–Crippen LogP) is 29.7. The van der Waals surface area contributed by atoms with Gasteiger partial charge >= 0.3 is 19.8 Å². The van der Waals surface area contributed by atoms with Gasteiger partial charge in [0.25, 0.3) is 0 Å². The summed E-state index contributed by atoms with van der Waals surface area (Å²) in [5.74, 6) is -0.811. The fourth-order valence-electron chi connectivity index (χ4n) is 12.4. The Hall–Kier alpha value is -4.11. The van der Waals surface area contributed by atoms with Crippen molar-refractivity contribution >= 4 is 19.8 Å². The third kappa shape index (κ3) is 86.7. The van der Waals surface area contributed by atoms with Gasteiger partial charge in [0.2, 0.25) is 0 Å².